The van der Waals surface area contributed by atoms with Crippen LogP contribution >= 0.6 is 23.4 Å². The average molecular weight is 429 g/mol. The molecular formula is C22H25ClN4OS. The molecule has 0 saturated heterocycles. The summed E-state index contributed by atoms with van der Waals surface area (Å²) in [6.07, 6.45) is 4.98. The Balaban J connectivity index is 1.74. The summed E-state index contributed by atoms with van der Waals surface area (Å²) < 4.78 is 2.05. The lowest BCUT2D eigenvalue weighted by molar-refractivity contribution is 0.296. The van der Waals surface area contributed by atoms with Crippen LogP contribution in [0.2, 0.25) is 5.02 Å². The summed E-state index contributed by atoms with van der Waals surface area (Å²) in [5, 5.41) is 19.4. The summed E-state index contributed by atoms with van der Waals surface area (Å²) in [7, 11) is 2.06. The number of hydrogen-bond acceptors (Lipinski definition) is 5. The molecule has 1 aromatic heterocycles. The van der Waals surface area contributed by atoms with E-state index in [2.05, 4.69) is 46.4 Å². The number of aliphatic hydroxyl groups is 1. The van der Waals surface area contributed by atoms with Crippen molar-refractivity contribution in [3.05, 3.63) is 77.1 Å². The standard InChI is InChI=1S/C22H25ClN4OS/c1-26(13-6-10-18-8-3-2-4-9-18)17-21-24-25-22(29-15-7-14-28)27(21)20-12-5-11-19(23)16-20/h2-6,8-12,16,28H,7,13-15,17H2,1H3. The fraction of sp³-hybridized carbons (Fsp3) is 0.273. The molecule has 0 spiro atoms. The quantitative estimate of drug-likeness (QED) is 0.379. The molecule has 0 unspecified atom stereocenters. The van der Waals surface area contributed by atoms with Crippen LogP contribution in [0.4, 0.5) is 0 Å². The maximum absolute atomic E-state index is 9.07. The van der Waals surface area contributed by atoms with Crippen LogP contribution < -0.4 is 0 Å². The van der Waals surface area contributed by atoms with E-state index in [0.29, 0.717) is 18.0 Å². The average Bonchev–Trinajstić information content (AvgIpc) is 3.11. The van der Waals surface area contributed by atoms with Gasteiger partial charge in [-0.3, -0.25) is 9.47 Å². The van der Waals surface area contributed by atoms with Crippen molar-refractivity contribution in [1.82, 2.24) is 19.7 Å². The summed E-state index contributed by atoms with van der Waals surface area (Å²) in [6.45, 7) is 1.62. The first kappa shape index (κ1) is 21.6. The highest BCUT2D eigenvalue weighted by Crippen LogP contribution is 2.25. The second-order valence-corrected chi connectivity index (χ2v) is 8.15. The van der Waals surface area contributed by atoms with Crippen molar-refractivity contribution in [1.29, 1.82) is 0 Å². The van der Waals surface area contributed by atoms with Gasteiger partial charge < -0.3 is 5.11 Å². The van der Waals surface area contributed by atoms with E-state index in [0.717, 1.165) is 29.0 Å². The molecule has 0 aliphatic rings. The van der Waals surface area contributed by atoms with E-state index in [1.54, 1.807) is 11.8 Å². The first-order chi connectivity index (χ1) is 14.2. The second-order valence-electron chi connectivity index (χ2n) is 6.65. The van der Waals surface area contributed by atoms with E-state index in [-0.39, 0.29) is 6.61 Å². The predicted octanol–water partition coefficient (Wildman–Crippen LogP) is 4.54. The van der Waals surface area contributed by atoms with Crippen LogP contribution in [-0.4, -0.2) is 50.7 Å². The maximum atomic E-state index is 9.07. The van der Waals surface area contributed by atoms with Gasteiger partial charge in [0, 0.05) is 23.9 Å². The van der Waals surface area contributed by atoms with E-state index >= 15 is 0 Å². The Morgan fingerprint density at radius 3 is 2.72 bits per heavy atom. The van der Waals surface area contributed by atoms with Gasteiger partial charge in [-0.1, -0.05) is 71.9 Å². The first-order valence-electron chi connectivity index (χ1n) is 9.51. The van der Waals surface area contributed by atoms with Crippen LogP contribution in [0.25, 0.3) is 11.8 Å². The van der Waals surface area contributed by atoms with E-state index in [1.165, 1.54) is 5.56 Å². The normalized spacial score (nSPS) is 11.6. The van der Waals surface area contributed by atoms with Crippen LogP contribution in [0, 0.1) is 0 Å². The number of thioether (sulfide) groups is 1. The number of rotatable bonds is 10. The fourth-order valence-corrected chi connectivity index (χ4v) is 3.92. The monoisotopic (exact) mass is 428 g/mol. The van der Waals surface area contributed by atoms with Gasteiger partial charge >= 0.3 is 0 Å². The molecule has 0 fully saturated rings. The molecule has 0 radical (unpaired) electrons. The number of nitrogens with zero attached hydrogens (tertiary/aromatic N) is 4. The van der Waals surface area contributed by atoms with Gasteiger partial charge in [0.25, 0.3) is 0 Å². The van der Waals surface area contributed by atoms with E-state index in [1.807, 2.05) is 47.0 Å². The number of aliphatic hydroxyl groups excluding tert-OH is 1. The lowest BCUT2D eigenvalue weighted by Crippen LogP contribution is -2.20. The minimum Gasteiger partial charge on any atom is -0.396 e. The van der Waals surface area contributed by atoms with Gasteiger partial charge in [0.15, 0.2) is 11.0 Å². The summed E-state index contributed by atoms with van der Waals surface area (Å²) in [5.41, 5.74) is 2.13. The highest BCUT2D eigenvalue weighted by molar-refractivity contribution is 7.99. The third-order valence-corrected chi connectivity index (χ3v) is 5.49. The molecule has 0 atom stereocenters. The van der Waals surface area contributed by atoms with Crippen molar-refractivity contribution < 1.29 is 5.11 Å². The largest absolute Gasteiger partial charge is 0.396 e. The predicted molar refractivity (Wildman–Crippen MR) is 121 cm³/mol. The van der Waals surface area contributed by atoms with Crippen molar-refractivity contribution in [3.8, 4) is 5.69 Å². The van der Waals surface area contributed by atoms with Crippen molar-refractivity contribution >= 4 is 29.4 Å². The smallest absolute Gasteiger partial charge is 0.195 e. The Hall–Kier alpha value is -2.12. The van der Waals surface area contributed by atoms with Crippen LogP contribution in [-0.2, 0) is 6.54 Å². The number of hydrogen-bond donors (Lipinski definition) is 1. The van der Waals surface area contributed by atoms with E-state index in [4.69, 9.17) is 16.7 Å². The van der Waals surface area contributed by atoms with Crippen molar-refractivity contribution in [2.45, 2.75) is 18.1 Å². The minimum atomic E-state index is 0.168. The molecule has 0 amide bonds. The van der Waals surface area contributed by atoms with Gasteiger partial charge in [0.1, 0.15) is 0 Å². The van der Waals surface area contributed by atoms with Gasteiger partial charge in [-0.25, -0.2) is 0 Å². The molecule has 5 nitrogen and oxygen atoms in total. The Morgan fingerprint density at radius 2 is 1.97 bits per heavy atom. The van der Waals surface area contributed by atoms with Gasteiger partial charge in [-0.15, -0.1) is 10.2 Å². The molecule has 0 aliphatic carbocycles. The summed E-state index contributed by atoms with van der Waals surface area (Å²) in [4.78, 5) is 2.19. The molecule has 1 heterocycles. The summed E-state index contributed by atoms with van der Waals surface area (Å²) in [5.74, 6) is 1.64. The number of halogens is 1. The third kappa shape index (κ3) is 6.44. The molecular weight excluding hydrogens is 404 g/mol. The molecule has 7 heteroatoms. The highest BCUT2D eigenvalue weighted by Gasteiger charge is 2.16. The summed E-state index contributed by atoms with van der Waals surface area (Å²) >= 11 is 7.80. The summed E-state index contributed by atoms with van der Waals surface area (Å²) in [6, 6.07) is 18.0. The van der Waals surface area contributed by atoms with Gasteiger partial charge in [-0.2, -0.15) is 0 Å². The van der Waals surface area contributed by atoms with Gasteiger partial charge in [-0.05, 0) is 37.2 Å². The Kier molecular flexibility index (Phi) is 8.31. The number of benzene rings is 2. The van der Waals surface area contributed by atoms with Crippen molar-refractivity contribution in [3.63, 3.8) is 0 Å². The minimum absolute atomic E-state index is 0.168. The zero-order valence-electron chi connectivity index (χ0n) is 16.4. The van der Waals surface area contributed by atoms with E-state index in [9.17, 15) is 0 Å². The van der Waals surface area contributed by atoms with Crippen LogP contribution in [0.5, 0.6) is 0 Å². The van der Waals surface area contributed by atoms with Gasteiger partial charge in [0.2, 0.25) is 0 Å². The van der Waals surface area contributed by atoms with Crippen molar-refractivity contribution in [2.24, 2.45) is 0 Å². The first-order valence-corrected chi connectivity index (χ1v) is 10.9. The van der Waals surface area contributed by atoms with Crippen molar-refractivity contribution in [2.75, 3.05) is 26.0 Å². The molecule has 2 aromatic carbocycles. The van der Waals surface area contributed by atoms with Crippen LogP contribution in [0.1, 0.15) is 17.8 Å². The number of aromatic nitrogens is 3. The zero-order chi connectivity index (χ0) is 20.5. The Labute approximate surface area is 181 Å². The molecule has 3 rings (SSSR count). The zero-order valence-corrected chi connectivity index (χ0v) is 18.0. The van der Waals surface area contributed by atoms with Gasteiger partial charge in [0.05, 0.1) is 12.2 Å². The molecule has 0 bridgehead atoms. The third-order valence-electron chi connectivity index (χ3n) is 4.24. The fourth-order valence-electron chi connectivity index (χ4n) is 2.84. The molecule has 3 aromatic rings. The molecule has 152 valence electrons. The second kappa shape index (κ2) is 11.2. The Bertz CT molecular complexity index is 930. The van der Waals surface area contributed by atoms with Crippen LogP contribution in [0.15, 0.2) is 65.8 Å². The topological polar surface area (TPSA) is 54.2 Å². The van der Waals surface area contributed by atoms with E-state index < -0.39 is 0 Å². The number of likely N-dealkylation sites (N-methyl/N-ethyl adjacent to an activating group) is 1. The lowest BCUT2D eigenvalue weighted by Gasteiger charge is -2.16. The highest BCUT2D eigenvalue weighted by atomic mass is 35.5. The maximum Gasteiger partial charge on any atom is 0.195 e. The molecule has 0 aliphatic heterocycles. The lowest BCUT2D eigenvalue weighted by atomic mass is 10.2. The van der Waals surface area contributed by atoms with Crippen LogP contribution in [0.3, 0.4) is 0 Å². The SMILES string of the molecule is CN(CC=Cc1ccccc1)Cc1nnc(SCCCO)n1-c1cccc(Cl)c1. The molecule has 0 saturated carbocycles. The Morgan fingerprint density at radius 1 is 1.14 bits per heavy atom. The molecule has 1 N–H and O–H groups in total. The molecule has 29 heavy (non-hydrogen) atoms.